The lowest BCUT2D eigenvalue weighted by atomic mass is 9.79. The van der Waals surface area contributed by atoms with E-state index in [1.807, 2.05) is 12.3 Å². The smallest absolute Gasteiger partial charge is 0.0991 e. The van der Waals surface area contributed by atoms with E-state index in [0.29, 0.717) is 18.0 Å². The molecule has 30 heavy (non-hydrogen) atoms. The first kappa shape index (κ1) is 18.9. The summed E-state index contributed by atoms with van der Waals surface area (Å²) in [5.74, 6) is 0.490. The van der Waals surface area contributed by atoms with Crippen molar-refractivity contribution in [3.05, 3.63) is 59.2 Å². The molecule has 4 aliphatic rings. The van der Waals surface area contributed by atoms with Gasteiger partial charge in [0.05, 0.1) is 23.0 Å². The molecule has 4 atom stereocenters. The predicted molar refractivity (Wildman–Crippen MR) is 114 cm³/mol. The quantitative estimate of drug-likeness (QED) is 0.822. The molecule has 158 valence electrons. The molecule has 1 N–H and O–H groups in total. The Balaban J connectivity index is 1.23. The van der Waals surface area contributed by atoms with E-state index in [1.54, 1.807) is 6.20 Å². The summed E-state index contributed by atoms with van der Waals surface area (Å²) in [5.41, 5.74) is 4.31. The lowest BCUT2D eigenvalue weighted by Crippen LogP contribution is -2.52. The van der Waals surface area contributed by atoms with E-state index >= 15 is 0 Å². The molecule has 0 aromatic carbocycles. The second kappa shape index (κ2) is 6.59. The van der Waals surface area contributed by atoms with E-state index in [-0.39, 0.29) is 11.2 Å². The topological polar surface area (TPSA) is 58.5 Å². The van der Waals surface area contributed by atoms with Gasteiger partial charge in [0.15, 0.2) is 0 Å². The summed E-state index contributed by atoms with van der Waals surface area (Å²) in [6.07, 6.45) is 11.8. The highest BCUT2D eigenvalue weighted by atomic mass is 16.5. The Morgan fingerprint density at radius 2 is 1.93 bits per heavy atom. The second-order valence-electron chi connectivity index (χ2n) is 10.4. The van der Waals surface area contributed by atoms with Crippen molar-refractivity contribution in [2.45, 2.75) is 81.8 Å². The van der Waals surface area contributed by atoms with Crippen LogP contribution in [0.2, 0.25) is 0 Å². The van der Waals surface area contributed by atoms with Gasteiger partial charge in [-0.05, 0) is 81.5 Å². The molecule has 2 saturated heterocycles. The van der Waals surface area contributed by atoms with Gasteiger partial charge in [0.1, 0.15) is 0 Å². The van der Waals surface area contributed by atoms with Gasteiger partial charge in [0, 0.05) is 42.8 Å². The molecule has 5 heteroatoms. The Bertz CT molecular complexity index is 960. The largest absolute Gasteiger partial charge is 0.387 e. The van der Waals surface area contributed by atoms with Crippen LogP contribution in [0.5, 0.6) is 0 Å². The fourth-order valence-electron chi connectivity index (χ4n) is 6.96. The Labute approximate surface area is 178 Å². The summed E-state index contributed by atoms with van der Waals surface area (Å²) in [6, 6.07) is 7.38. The van der Waals surface area contributed by atoms with Crippen LogP contribution in [-0.2, 0) is 22.4 Å². The summed E-state index contributed by atoms with van der Waals surface area (Å²) >= 11 is 0. The first-order chi connectivity index (χ1) is 14.5. The maximum atomic E-state index is 10.6. The fourth-order valence-corrected chi connectivity index (χ4v) is 6.96. The van der Waals surface area contributed by atoms with Crippen LogP contribution in [0, 0.1) is 5.92 Å². The number of aliphatic hydroxyl groups is 1. The number of piperidine rings is 1. The molecular formula is C25H31N3O2. The van der Waals surface area contributed by atoms with E-state index < -0.39 is 6.10 Å². The van der Waals surface area contributed by atoms with Crippen molar-refractivity contribution in [1.29, 1.82) is 0 Å². The van der Waals surface area contributed by atoms with Gasteiger partial charge in [-0.25, -0.2) is 0 Å². The summed E-state index contributed by atoms with van der Waals surface area (Å²) in [7, 11) is 0. The standard InChI is InChI=1S/C25H31N3O2/c1-24(2)20-7-9-26-14-21(20)25(30-24)12-18-5-6-19(13-25)28(18)15-16-10-17-4-3-8-27-23(17)22(29)11-16/h3-4,7-9,14,16,18-19,22,29H,5-6,10-13,15H2,1-2H3/t16-,18?,19?,22+,25?/m1/s1. The number of aliphatic hydroxyl groups excluding tert-OH is 1. The number of fused-ring (bicyclic) bond motifs is 5. The maximum Gasteiger partial charge on any atom is 0.0991 e. The molecule has 2 bridgehead atoms. The van der Waals surface area contributed by atoms with E-state index in [2.05, 4.69) is 47.0 Å². The van der Waals surface area contributed by atoms with Crippen LogP contribution in [-0.4, -0.2) is 38.6 Å². The normalized spacial score (nSPS) is 36.6. The van der Waals surface area contributed by atoms with Gasteiger partial charge in [0.25, 0.3) is 0 Å². The molecule has 6 rings (SSSR count). The van der Waals surface area contributed by atoms with E-state index in [1.165, 1.54) is 29.5 Å². The molecule has 2 aromatic rings. The zero-order valence-corrected chi connectivity index (χ0v) is 17.9. The van der Waals surface area contributed by atoms with Gasteiger partial charge in [-0.3, -0.25) is 14.9 Å². The summed E-state index contributed by atoms with van der Waals surface area (Å²) in [6.45, 7) is 5.47. The Morgan fingerprint density at radius 3 is 2.73 bits per heavy atom. The molecule has 5 nitrogen and oxygen atoms in total. The molecule has 1 aliphatic carbocycles. The van der Waals surface area contributed by atoms with Crippen LogP contribution in [0.15, 0.2) is 36.8 Å². The number of pyridine rings is 2. The summed E-state index contributed by atoms with van der Waals surface area (Å²) < 4.78 is 6.82. The average Bonchev–Trinajstić information content (AvgIpc) is 3.09. The zero-order valence-electron chi connectivity index (χ0n) is 17.9. The Kier molecular flexibility index (Phi) is 4.15. The van der Waals surface area contributed by atoms with Crippen LogP contribution < -0.4 is 0 Å². The number of rotatable bonds is 2. The van der Waals surface area contributed by atoms with E-state index in [0.717, 1.165) is 37.9 Å². The molecule has 0 amide bonds. The van der Waals surface area contributed by atoms with Gasteiger partial charge in [0.2, 0.25) is 0 Å². The van der Waals surface area contributed by atoms with Gasteiger partial charge in [-0.1, -0.05) is 6.07 Å². The van der Waals surface area contributed by atoms with E-state index in [9.17, 15) is 5.11 Å². The third kappa shape index (κ3) is 2.79. The molecular weight excluding hydrogens is 374 g/mol. The number of ether oxygens (including phenoxy) is 1. The SMILES string of the molecule is CC1(C)OC2(CC3CCC(C2)N3C[C@@H]2Cc3cccnc3[C@@H](O)C2)c2cnccc21. The van der Waals surface area contributed by atoms with Gasteiger partial charge < -0.3 is 9.84 Å². The van der Waals surface area contributed by atoms with Gasteiger partial charge in [-0.15, -0.1) is 0 Å². The minimum absolute atomic E-state index is 0.183. The van der Waals surface area contributed by atoms with Crippen LogP contribution in [0.25, 0.3) is 0 Å². The average molecular weight is 406 g/mol. The third-order valence-electron chi connectivity index (χ3n) is 8.09. The first-order valence-electron chi connectivity index (χ1n) is 11.5. The molecule has 3 aliphatic heterocycles. The number of hydrogen-bond acceptors (Lipinski definition) is 5. The van der Waals surface area contributed by atoms with Gasteiger partial charge >= 0.3 is 0 Å². The highest BCUT2D eigenvalue weighted by Crippen LogP contribution is 2.56. The zero-order chi connectivity index (χ0) is 20.5. The van der Waals surface area contributed by atoms with Crippen LogP contribution in [0.1, 0.15) is 74.4 Å². The third-order valence-corrected chi connectivity index (χ3v) is 8.09. The molecule has 2 unspecified atom stereocenters. The Hall–Kier alpha value is -1.82. The van der Waals surface area contributed by atoms with Crippen molar-refractivity contribution < 1.29 is 9.84 Å². The molecule has 2 aromatic heterocycles. The molecule has 5 heterocycles. The van der Waals surface area contributed by atoms with Crippen LogP contribution >= 0.6 is 0 Å². The lowest BCUT2D eigenvalue weighted by molar-refractivity contribution is -0.164. The molecule has 0 radical (unpaired) electrons. The monoisotopic (exact) mass is 405 g/mol. The van der Waals surface area contributed by atoms with Crippen molar-refractivity contribution in [2.75, 3.05) is 6.54 Å². The number of hydrogen-bond donors (Lipinski definition) is 1. The van der Waals surface area contributed by atoms with Crippen molar-refractivity contribution in [1.82, 2.24) is 14.9 Å². The van der Waals surface area contributed by atoms with E-state index in [4.69, 9.17) is 4.74 Å². The highest BCUT2D eigenvalue weighted by molar-refractivity contribution is 5.39. The van der Waals surface area contributed by atoms with Crippen molar-refractivity contribution in [3.8, 4) is 0 Å². The molecule has 2 fully saturated rings. The summed E-state index contributed by atoms with van der Waals surface area (Å²) in [4.78, 5) is 11.6. The first-order valence-corrected chi connectivity index (χ1v) is 11.5. The van der Waals surface area contributed by atoms with Crippen molar-refractivity contribution in [2.24, 2.45) is 5.92 Å². The fraction of sp³-hybridized carbons (Fsp3) is 0.600. The number of nitrogens with zero attached hydrogens (tertiary/aromatic N) is 3. The highest BCUT2D eigenvalue weighted by Gasteiger charge is 2.56. The van der Waals surface area contributed by atoms with Gasteiger partial charge in [-0.2, -0.15) is 0 Å². The van der Waals surface area contributed by atoms with Crippen LogP contribution in [0.4, 0.5) is 0 Å². The Morgan fingerprint density at radius 1 is 1.13 bits per heavy atom. The maximum absolute atomic E-state index is 10.6. The minimum atomic E-state index is -0.425. The van der Waals surface area contributed by atoms with Crippen molar-refractivity contribution >= 4 is 0 Å². The molecule has 1 spiro atoms. The minimum Gasteiger partial charge on any atom is -0.387 e. The van der Waals surface area contributed by atoms with Crippen LogP contribution in [0.3, 0.4) is 0 Å². The number of aromatic nitrogens is 2. The molecule has 0 saturated carbocycles. The second-order valence-corrected chi connectivity index (χ2v) is 10.4. The summed E-state index contributed by atoms with van der Waals surface area (Å²) in [5, 5.41) is 10.6. The predicted octanol–water partition coefficient (Wildman–Crippen LogP) is 3.86. The van der Waals surface area contributed by atoms with Crippen molar-refractivity contribution in [3.63, 3.8) is 0 Å². The lowest BCUT2D eigenvalue weighted by Gasteiger charge is -2.47.